The first-order valence-electron chi connectivity index (χ1n) is 6.93. The molecule has 0 unspecified atom stereocenters. The molecule has 1 amide bonds. The number of halogens is 1. The van der Waals surface area contributed by atoms with Crippen molar-refractivity contribution in [3.8, 4) is 5.75 Å². The fourth-order valence-electron chi connectivity index (χ4n) is 2.49. The number of benzene rings is 1. The molecular formula is C15H14FN3O4. The highest BCUT2D eigenvalue weighted by Gasteiger charge is 2.33. The summed E-state index contributed by atoms with van der Waals surface area (Å²) in [6.45, 7) is 0.981. The number of hydrogen-bond donors (Lipinski definition) is 1. The third kappa shape index (κ3) is 2.63. The zero-order valence-corrected chi connectivity index (χ0v) is 12.3. The SMILES string of the molecule is COC(=O)c1nn2c(c1O)C(=O)N(Cc1ccc(F)cc1)CC2. The molecule has 0 spiro atoms. The highest BCUT2D eigenvalue weighted by molar-refractivity contribution is 6.00. The molecule has 0 radical (unpaired) electrons. The van der Waals surface area contributed by atoms with Gasteiger partial charge in [0, 0.05) is 13.1 Å². The summed E-state index contributed by atoms with van der Waals surface area (Å²) in [5, 5.41) is 14.0. The van der Waals surface area contributed by atoms with Crippen LogP contribution in [-0.2, 0) is 17.8 Å². The molecule has 7 nitrogen and oxygen atoms in total. The van der Waals surface area contributed by atoms with Crippen LogP contribution in [0.4, 0.5) is 4.39 Å². The van der Waals surface area contributed by atoms with Crippen LogP contribution in [-0.4, -0.2) is 45.3 Å². The predicted molar refractivity (Wildman–Crippen MR) is 76.4 cm³/mol. The zero-order valence-electron chi connectivity index (χ0n) is 12.3. The average Bonchev–Trinajstić information content (AvgIpc) is 2.89. The van der Waals surface area contributed by atoms with E-state index in [1.807, 2.05) is 0 Å². The van der Waals surface area contributed by atoms with Gasteiger partial charge in [0.15, 0.2) is 11.4 Å². The number of esters is 1. The Bertz CT molecular complexity index is 770. The van der Waals surface area contributed by atoms with E-state index in [4.69, 9.17) is 0 Å². The number of aromatic nitrogens is 2. The van der Waals surface area contributed by atoms with Gasteiger partial charge in [-0.2, -0.15) is 5.10 Å². The molecular weight excluding hydrogens is 305 g/mol. The Kier molecular flexibility index (Phi) is 3.73. The number of rotatable bonds is 3. The molecule has 0 saturated heterocycles. The second-order valence-corrected chi connectivity index (χ2v) is 5.11. The molecule has 1 N–H and O–H groups in total. The molecule has 1 aromatic carbocycles. The van der Waals surface area contributed by atoms with Gasteiger partial charge in [0.2, 0.25) is 5.69 Å². The highest BCUT2D eigenvalue weighted by Crippen LogP contribution is 2.27. The fourth-order valence-corrected chi connectivity index (χ4v) is 2.49. The molecule has 2 heterocycles. The first-order valence-corrected chi connectivity index (χ1v) is 6.93. The maximum atomic E-state index is 12.9. The Morgan fingerprint density at radius 1 is 1.35 bits per heavy atom. The predicted octanol–water partition coefficient (Wildman–Crippen LogP) is 1.17. The van der Waals surface area contributed by atoms with Crippen molar-refractivity contribution >= 4 is 11.9 Å². The van der Waals surface area contributed by atoms with E-state index >= 15 is 0 Å². The van der Waals surface area contributed by atoms with Crippen molar-refractivity contribution in [3.63, 3.8) is 0 Å². The molecule has 1 aliphatic rings. The number of carbonyl (C=O) groups is 2. The second kappa shape index (κ2) is 5.71. The van der Waals surface area contributed by atoms with Gasteiger partial charge >= 0.3 is 5.97 Å². The van der Waals surface area contributed by atoms with Crippen molar-refractivity contribution in [1.29, 1.82) is 0 Å². The summed E-state index contributed by atoms with van der Waals surface area (Å²) in [6, 6.07) is 5.82. The van der Waals surface area contributed by atoms with Gasteiger partial charge in [-0.3, -0.25) is 9.48 Å². The molecule has 2 aromatic rings. The summed E-state index contributed by atoms with van der Waals surface area (Å²) in [4.78, 5) is 25.6. The molecule has 0 saturated carbocycles. The van der Waals surface area contributed by atoms with E-state index in [9.17, 15) is 19.1 Å². The van der Waals surface area contributed by atoms with E-state index in [-0.39, 0.29) is 23.7 Å². The molecule has 8 heteroatoms. The van der Waals surface area contributed by atoms with Gasteiger partial charge in [-0.1, -0.05) is 12.1 Å². The topological polar surface area (TPSA) is 84.7 Å². The van der Waals surface area contributed by atoms with Crippen molar-refractivity contribution in [1.82, 2.24) is 14.7 Å². The van der Waals surface area contributed by atoms with Gasteiger partial charge in [0.1, 0.15) is 5.82 Å². The summed E-state index contributed by atoms with van der Waals surface area (Å²) in [5.41, 5.74) is 0.443. The summed E-state index contributed by atoms with van der Waals surface area (Å²) in [7, 11) is 1.17. The molecule has 1 aromatic heterocycles. The van der Waals surface area contributed by atoms with E-state index in [1.165, 1.54) is 28.8 Å². The third-order valence-electron chi connectivity index (χ3n) is 3.66. The maximum absolute atomic E-state index is 12.9. The Hall–Kier alpha value is -2.90. The van der Waals surface area contributed by atoms with E-state index < -0.39 is 17.6 Å². The lowest BCUT2D eigenvalue weighted by molar-refractivity contribution is 0.0588. The monoisotopic (exact) mass is 319 g/mol. The fraction of sp³-hybridized carbons (Fsp3) is 0.267. The van der Waals surface area contributed by atoms with Crippen LogP contribution in [0.3, 0.4) is 0 Å². The lowest BCUT2D eigenvalue weighted by Gasteiger charge is -2.27. The Morgan fingerprint density at radius 3 is 2.70 bits per heavy atom. The van der Waals surface area contributed by atoms with Crippen molar-refractivity contribution in [2.75, 3.05) is 13.7 Å². The quantitative estimate of drug-likeness (QED) is 0.859. The number of methoxy groups -OCH3 is 1. The van der Waals surface area contributed by atoms with Crippen molar-refractivity contribution in [3.05, 3.63) is 47.0 Å². The first kappa shape index (κ1) is 15.0. The molecule has 0 atom stereocenters. The van der Waals surface area contributed by atoms with Crippen LogP contribution >= 0.6 is 0 Å². The molecule has 3 rings (SSSR count). The van der Waals surface area contributed by atoms with E-state index in [1.54, 1.807) is 12.1 Å². The smallest absolute Gasteiger partial charge is 0.362 e. The molecule has 120 valence electrons. The van der Waals surface area contributed by atoms with Gasteiger partial charge in [0.05, 0.1) is 13.7 Å². The second-order valence-electron chi connectivity index (χ2n) is 5.11. The van der Waals surface area contributed by atoms with E-state index in [2.05, 4.69) is 9.84 Å². The van der Waals surface area contributed by atoms with Crippen LogP contribution in [0.25, 0.3) is 0 Å². The molecule has 0 fully saturated rings. The lowest BCUT2D eigenvalue weighted by atomic mass is 10.1. The van der Waals surface area contributed by atoms with Gasteiger partial charge in [0.25, 0.3) is 5.91 Å². The van der Waals surface area contributed by atoms with Gasteiger partial charge in [-0.15, -0.1) is 0 Å². The summed E-state index contributed by atoms with van der Waals surface area (Å²) >= 11 is 0. The Balaban J connectivity index is 1.87. The summed E-state index contributed by atoms with van der Waals surface area (Å²) < 4.78 is 18.8. The van der Waals surface area contributed by atoms with Crippen molar-refractivity contribution < 1.29 is 23.8 Å². The average molecular weight is 319 g/mol. The zero-order chi connectivity index (χ0) is 16.6. The van der Waals surface area contributed by atoms with Crippen molar-refractivity contribution in [2.24, 2.45) is 0 Å². The lowest BCUT2D eigenvalue weighted by Crippen LogP contribution is -2.39. The summed E-state index contributed by atoms with van der Waals surface area (Å²) in [6.07, 6.45) is 0. The number of hydrogen-bond acceptors (Lipinski definition) is 5. The van der Waals surface area contributed by atoms with Crippen LogP contribution in [0.2, 0.25) is 0 Å². The number of aromatic hydroxyl groups is 1. The van der Waals surface area contributed by atoms with Crippen LogP contribution in [0, 0.1) is 5.82 Å². The maximum Gasteiger partial charge on any atom is 0.362 e. The minimum absolute atomic E-state index is 0.0428. The summed E-state index contributed by atoms with van der Waals surface area (Å²) in [5.74, 6) is -2.08. The number of ether oxygens (including phenoxy) is 1. The van der Waals surface area contributed by atoms with Gasteiger partial charge in [-0.25, -0.2) is 9.18 Å². The first-order chi connectivity index (χ1) is 11.0. The molecule has 0 bridgehead atoms. The van der Waals surface area contributed by atoms with Crippen LogP contribution in [0.15, 0.2) is 24.3 Å². The Morgan fingerprint density at radius 2 is 2.04 bits per heavy atom. The standard InChI is InChI=1S/C15H14FN3O4/c1-23-15(22)11-13(20)12-14(21)18(6-7-19(12)17-11)8-9-2-4-10(16)5-3-9/h2-5,20H,6-8H2,1H3. The van der Waals surface area contributed by atoms with Crippen molar-refractivity contribution in [2.45, 2.75) is 13.1 Å². The van der Waals surface area contributed by atoms with Gasteiger partial charge in [-0.05, 0) is 17.7 Å². The minimum Gasteiger partial charge on any atom is -0.503 e. The van der Waals surface area contributed by atoms with Gasteiger partial charge < -0.3 is 14.7 Å². The molecule has 23 heavy (non-hydrogen) atoms. The number of carbonyl (C=O) groups excluding carboxylic acids is 2. The number of nitrogens with zero attached hydrogens (tertiary/aromatic N) is 3. The number of amides is 1. The Labute approximate surface area is 130 Å². The molecule has 0 aliphatic carbocycles. The molecule has 1 aliphatic heterocycles. The largest absolute Gasteiger partial charge is 0.503 e. The van der Waals surface area contributed by atoms with Crippen LogP contribution in [0.1, 0.15) is 26.5 Å². The minimum atomic E-state index is -0.803. The normalized spacial score (nSPS) is 13.8. The van der Waals surface area contributed by atoms with E-state index in [0.717, 1.165) is 5.56 Å². The highest BCUT2D eigenvalue weighted by atomic mass is 19.1. The van der Waals surface area contributed by atoms with E-state index in [0.29, 0.717) is 13.1 Å². The van der Waals surface area contributed by atoms with Crippen LogP contribution < -0.4 is 0 Å². The number of fused-ring (bicyclic) bond motifs is 1. The van der Waals surface area contributed by atoms with Crippen LogP contribution in [0.5, 0.6) is 5.75 Å². The third-order valence-corrected chi connectivity index (χ3v) is 3.66.